The topological polar surface area (TPSA) is 125 Å². The van der Waals surface area contributed by atoms with Crippen LogP contribution in [-0.4, -0.2) is 59.5 Å². The third kappa shape index (κ3) is 6.08. The Morgan fingerprint density at radius 1 is 0.794 bits per heavy atom. The number of hydrogen-bond donors (Lipinski definition) is 1. The van der Waals surface area contributed by atoms with Crippen molar-refractivity contribution in [3.8, 4) is 0 Å². The Morgan fingerprint density at radius 3 is 1.85 bits per heavy atom. The SMILES string of the molecule is CC(=O)OC1C(OC(=O)c2ccccc2)C=CC(O)(COC(=O)c2ccccc2)C1OC(C)=O. The summed E-state index contributed by atoms with van der Waals surface area (Å²) in [6.07, 6.45) is -1.63. The smallest absolute Gasteiger partial charge is 0.338 e. The van der Waals surface area contributed by atoms with Crippen molar-refractivity contribution in [1.29, 1.82) is 0 Å². The third-order valence-electron chi connectivity index (χ3n) is 4.98. The largest absolute Gasteiger partial charge is 0.459 e. The zero-order chi connectivity index (χ0) is 24.7. The first-order valence-electron chi connectivity index (χ1n) is 10.4. The minimum Gasteiger partial charge on any atom is -0.459 e. The van der Waals surface area contributed by atoms with Gasteiger partial charge in [-0.15, -0.1) is 0 Å². The number of hydrogen-bond acceptors (Lipinski definition) is 9. The summed E-state index contributed by atoms with van der Waals surface area (Å²) in [5.74, 6) is -2.99. The standard InChI is InChI=1S/C25H24O9/c1-16(26)32-21-20(34-24(29)19-11-7-4-8-12-19)13-14-25(30,22(21)33-17(2)27)15-31-23(28)18-9-5-3-6-10-18/h3-14,20-22,30H,15H2,1-2H3. The van der Waals surface area contributed by atoms with Crippen LogP contribution in [0.1, 0.15) is 34.6 Å². The second-order valence-electron chi connectivity index (χ2n) is 7.63. The average Bonchev–Trinajstić information content (AvgIpc) is 2.82. The lowest BCUT2D eigenvalue weighted by molar-refractivity contribution is -0.200. The van der Waals surface area contributed by atoms with E-state index in [9.17, 15) is 24.3 Å². The fraction of sp³-hybridized carbons (Fsp3) is 0.280. The number of aliphatic hydroxyl groups is 1. The summed E-state index contributed by atoms with van der Waals surface area (Å²) in [6.45, 7) is 1.60. The molecule has 3 rings (SSSR count). The van der Waals surface area contributed by atoms with Crippen LogP contribution in [0.15, 0.2) is 72.8 Å². The number of carbonyl (C=O) groups is 4. The molecule has 0 heterocycles. The lowest BCUT2D eigenvalue weighted by Gasteiger charge is -2.41. The van der Waals surface area contributed by atoms with E-state index in [-0.39, 0.29) is 11.1 Å². The van der Waals surface area contributed by atoms with Gasteiger partial charge in [0.15, 0.2) is 23.9 Å². The van der Waals surface area contributed by atoms with Crippen molar-refractivity contribution >= 4 is 23.9 Å². The number of carbonyl (C=O) groups excluding carboxylic acids is 4. The molecule has 0 spiro atoms. The van der Waals surface area contributed by atoms with Crippen LogP contribution in [-0.2, 0) is 28.5 Å². The summed E-state index contributed by atoms with van der Waals surface area (Å²) in [7, 11) is 0. The van der Waals surface area contributed by atoms with Crippen molar-refractivity contribution in [2.45, 2.75) is 37.8 Å². The van der Waals surface area contributed by atoms with E-state index in [2.05, 4.69) is 0 Å². The Labute approximate surface area is 195 Å². The summed E-state index contributed by atoms with van der Waals surface area (Å²) in [5, 5.41) is 11.3. The highest BCUT2D eigenvalue weighted by Crippen LogP contribution is 2.31. The molecule has 4 atom stereocenters. The molecular weight excluding hydrogens is 444 g/mol. The van der Waals surface area contributed by atoms with Crippen molar-refractivity contribution in [3.05, 3.63) is 83.9 Å². The van der Waals surface area contributed by atoms with Gasteiger partial charge >= 0.3 is 23.9 Å². The van der Waals surface area contributed by atoms with Crippen molar-refractivity contribution < 1.29 is 43.2 Å². The predicted molar refractivity (Wildman–Crippen MR) is 118 cm³/mol. The Kier molecular flexibility index (Phi) is 7.80. The molecule has 4 unspecified atom stereocenters. The van der Waals surface area contributed by atoms with Crippen molar-refractivity contribution in [2.75, 3.05) is 6.61 Å². The molecule has 0 aromatic heterocycles. The molecule has 0 fully saturated rings. The van der Waals surface area contributed by atoms with Gasteiger partial charge in [0, 0.05) is 13.8 Å². The van der Waals surface area contributed by atoms with Crippen molar-refractivity contribution in [3.63, 3.8) is 0 Å². The van der Waals surface area contributed by atoms with E-state index in [0.717, 1.165) is 13.8 Å². The quantitative estimate of drug-likeness (QED) is 0.370. The van der Waals surface area contributed by atoms with Crippen LogP contribution >= 0.6 is 0 Å². The van der Waals surface area contributed by atoms with Gasteiger partial charge in [-0.1, -0.05) is 36.4 Å². The van der Waals surface area contributed by atoms with Gasteiger partial charge in [-0.25, -0.2) is 9.59 Å². The monoisotopic (exact) mass is 468 g/mol. The van der Waals surface area contributed by atoms with Crippen molar-refractivity contribution in [2.24, 2.45) is 0 Å². The van der Waals surface area contributed by atoms with Crippen LogP contribution < -0.4 is 0 Å². The van der Waals surface area contributed by atoms with E-state index < -0.39 is 54.4 Å². The molecule has 1 N–H and O–H groups in total. The van der Waals surface area contributed by atoms with E-state index in [4.69, 9.17) is 18.9 Å². The van der Waals surface area contributed by atoms with E-state index >= 15 is 0 Å². The summed E-state index contributed by atoms with van der Waals surface area (Å²) in [4.78, 5) is 48.6. The average molecular weight is 468 g/mol. The normalized spacial score (nSPS) is 23.4. The van der Waals surface area contributed by atoms with Crippen LogP contribution in [0, 0.1) is 0 Å². The van der Waals surface area contributed by atoms with Crippen LogP contribution in [0.5, 0.6) is 0 Å². The Bertz CT molecular complexity index is 1060. The number of esters is 4. The third-order valence-corrected chi connectivity index (χ3v) is 4.98. The molecule has 9 nitrogen and oxygen atoms in total. The van der Waals surface area contributed by atoms with Gasteiger partial charge in [0.05, 0.1) is 11.1 Å². The summed E-state index contributed by atoms with van der Waals surface area (Å²) >= 11 is 0. The van der Waals surface area contributed by atoms with Gasteiger partial charge in [-0.3, -0.25) is 9.59 Å². The molecule has 0 amide bonds. The maximum Gasteiger partial charge on any atom is 0.338 e. The molecule has 0 saturated heterocycles. The van der Waals surface area contributed by atoms with Gasteiger partial charge in [-0.2, -0.15) is 0 Å². The first-order chi connectivity index (χ1) is 16.2. The minimum absolute atomic E-state index is 0.249. The second kappa shape index (κ2) is 10.8. The molecule has 0 aliphatic heterocycles. The maximum absolute atomic E-state index is 12.6. The lowest BCUT2D eigenvalue weighted by Crippen LogP contribution is -2.60. The summed E-state index contributed by atoms with van der Waals surface area (Å²) < 4.78 is 21.3. The molecule has 178 valence electrons. The summed E-state index contributed by atoms with van der Waals surface area (Å²) in [6, 6.07) is 16.2. The van der Waals surface area contributed by atoms with E-state index in [1.54, 1.807) is 48.5 Å². The number of ether oxygens (including phenoxy) is 4. The fourth-order valence-electron chi connectivity index (χ4n) is 3.43. The van der Waals surface area contributed by atoms with Crippen LogP contribution in [0.4, 0.5) is 0 Å². The molecule has 0 radical (unpaired) electrons. The number of rotatable bonds is 7. The van der Waals surface area contributed by atoms with Gasteiger partial charge in [-0.05, 0) is 36.4 Å². The van der Waals surface area contributed by atoms with E-state index in [1.807, 2.05) is 0 Å². The van der Waals surface area contributed by atoms with Gasteiger partial charge in [0.2, 0.25) is 0 Å². The minimum atomic E-state index is -2.06. The molecule has 9 heteroatoms. The van der Waals surface area contributed by atoms with Crippen molar-refractivity contribution in [1.82, 2.24) is 0 Å². The van der Waals surface area contributed by atoms with E-state index in [0.29, 0.717) is 0 Å². The van der Waals surface area contributed by atoms with E-state index in [1.165, 1.54) is 24.3 Å². The van der Waals surface area contributed by atoms with Gasteiger partial charge in [0.1, 0.15) is 6.61 Å². The highest BCUT2D eigenvalue weighted by Gasteiger charge is 2.52. The van der Waals surface area contributed by atoms with Gasteiger partial charge < -0.3 is 24.1 Å². The van der Waals surface area contributed by atoms with Crippen LogP contribution in [0.3, 0.4) is 0 Å². The maximum atomic E-state index is 12.6. The molecule has 0 bridgehead atoms. The van der Waals surface area contributed by atoms with Crippen LogP contribution in [0.25, 0.3) is 0 Å². The molecule has 1 aliphatic rings. The lowest BCUT2D eigenvalue weighted by atomic mass is 9.84. The first-order valence-corrected chi connectivity index (χ1v) is 10.4. The predicted octanol–water partition coefficient (Wildman–Crippen LogP) is 2.23. The Balaban J connectivity index is 1.87. The zero-order valence-corrected chi connectivity index (χ0v) is 18.6. The molecule has 0 saturated carbocycles. The fourth-order valence-corrected chi connectivity index (χ4v) is 3.43. The van der Waals surface area contributed by atoms with Crippen LogP contribution in [0.2, 0.25) is 0 Å². The highest BCUT2D eigenvalue weighted by atomic mass is 16.6. The zero-order valence-electron chi connectivity index (χ0n) is 18.6. The first kappa shape index (κ1) is 24.7. The number of benzene rings is 2. The molecule has 1 aliphatic carbocycles. The molecule has 2 aromatic rings. The highest BCUT2D eigenvalue weighted by molar-refractivity contribution is 5.90. The summed E-state index contributed by atoms with van der Waals surface area (Å²) in [5.41, 5.74) is -1.56. The van der Waals surface area contributed by atoms with Gasteiger partial charge in [0.25, 0.3) is 0 Å². The molecular formula is C25H24O9. The molecule has 2 aromatic carbocycles. The Morgan fingerprint density at radius 2 is 1.32 bits per heavy atom. The molecule has 34 heavy (non-hydrogen) atoms. The second-order valence-corrected chi connectivity index (χ2v) is 7.63. The Hall–Kier alpha value is -3.98.